The number of hydrogen-bond acceptors (Lipinski definition) is 5. The van der Waals surface area contributed by atoms with Crippen LogP contribution in [-0.2, 0) is 4.74 Å². The van der Waals surface area contributed by atoms with E-state index in [2.05, 4.69) is 15.5 Å². The predicted molar refractivity (Wildman–Crippen MR) is 88.7 cm³/mol. The van der Waals surface area contributed by atoms with Gasteiger partial charge in [-0.05, 0) is 29.8 Å². The summed E-state index contributed by atoms with van der Waals surface area (Å²) in [5, 5.41) is 3.85. The van der Waals surface area contributed by atoms with E-state index in [4.69, 9.17) is 4.74 Å². The molecule has 6 nitrogen and oxygen atoms in total. The third-order valence-electron chi connectivity index (χ3n) is 3.63. The summed E-state index contributed by atoms with van der Waals surface area (Å²) in [6, 6.07) is 8.16. The molecule has 0 aliphatic carbocycles. The summed E-state index contributed by atoms with van der Waals surface area (Å²) in [7, 11) is 0. The molecular weight excluding hydrogens is 311 g/mol. The average Bonchev–Trinajstić information content (AvgIpc) is 2.63. The van der Waals surface area contributed by atoms with Crippen LogP contribution in [0.25, 0.3) is 0 Å². The highest BCUT2D eigenvalue weighted by Gasteiger charge is 2.14. The van der Waals surface area contributed by atoms with Crippen LogP contribution < -0.4 is 10.3 Å². The molecule has 0 atom stereocenters. The summed E-state index contributed by atoms with van der Waals surface area (Å²) >= 11 is 0. The maximum Gasteiger partial charge on any atom is 0.272 e. The van der Waals surface area contributed by atoms with Crippen LogP contribution >= 0.6 is 0 Å². The maximum atomic E-state index is 14.2. The molecule has 124 valence electrons. The predicted octanol–water partition coefficient (Wildman–Crippen LogP) is 1.82. The van der Waals surface area contributed by atoms with Crippen LogP contribution in [0, 0.1) is 5.82 Å². The first-order valence-corrected chi connectivity index (χ1v) is 7.60. The molecule has 2 aromatic rings. The fourth-order valence-electron chi connectivity index (χ4n) is 2.39. The molecule has 1 aromatic carbocycles. The number of aromatic nitrogens is 1. The lowest BCUT2D eigenvalue weighted by Crippen LogP contribution is -2.36. The van der Waals surface area contributed by atoms with Gasteiger partial charge in [0.25, 0.3) is 5.91 Å². The zero-order valence-corrected chi connectivity index (χ0v) is 13.0. The Kier molecular flexibility index (Phi) is 5.12. The van der Waals surface area contributed by atoms with Crippen molar-refractivity contribution >= 4 is 17.8 Å². The lowest BCUT2D eigenvalue weighted by molar-refractivity contribution is 0.0954. The van der Waals surface area contributed by atoms with Crippen molar-refractivity contribution in [2.24, 2.45) is 5.10 Å². The molecule has 0 bridgehead atoms. The van der Waals surface area contributed by atoms with Gasteiger partial charge in [-0.1, -0.05) is 6.07 Å². The summed E-state index contributed by atoms with van der Waals surface area (Å²) in [6.07, 6.45) is 4.43. The van der Waals surface area contributed by atoms with Gasteiger partial charge in [0.1, 0.15) is 5.82 Å². The second-order valence-corrected chi connectivity index (χ2v) is 5.25. The zero-order chi connectivity index (χ0) is 16.8. The molecule has 24 heavy (non-hydrogen) atoms. The first-order valence-electron chi connectivity index (χ1n) is 7.60. The van der Waals surface area contributed by atoms with E-state index < -0.39 is 0 Å². The van der Waals surface area contributed by atoms with Crippen LogP contribution in [0.5, 0.6) is 0 Å². The Balaban J connectivity index is 1.63. The Morgan fingerprint density at radius 3 is 2.88 bits per heavy atom. The van der Waals surface area contributed by atoms with Crippen LogP contribution in [0.3, 0.4) is 0 Å². The molecule has 1 aliphatic heterocycles. The molecule has 1 fully saturated rings. The first kappa shape index (κ1) is 16.1. The van der Waals surface area contributed by atoms with Crippen LogP contribution in [0.15, 0.2) is 47.8 Å². The molecule has 0 saturated carbocycles. The number of nitrogens with zero attached hydrogens (tertiary/aromatic N) is 3. The van der Waals surface area contributed by atoms with E-state index in [1.807, 2.05) is 4.90 Å². The van der Waals surface area contributed by atoms with Crippen molar-refractivity contribution in [3.05, 3.63) is 59.7 Å². The number of hydrazone groups is 1. The van der Waals surface area contributed by atoms with Gasteiger partial charge < -0.3 is 9.64 Å². The highest BCUT2D eigenvalue weighted by Crippen LogP contribution is 2.21. The van der Waals surface area contributed by atoms with Gasteiger partial charge in [-0.2, -0.15) is 5.10 Å². The number of amides is 1. The molecule has 2 heterocycles. The molecule has 3 rings (SSSR count). The number of rotatable bonds is 4. The van der Waals surface area contributed by atoms with E-state index in [0.717, 1.165) is 0 Å². The molecule has 1 aliphatic rings. The van der Waals surface area contributed by atoms with Gasteiger partial charge in [0.15, 0.2) is 0 Å². The van der Waals surface area contributed by atoms with Crippen LogP contribution in [0.4, 0.5) is 10.1 Å². The second-order valence-electron chi connectivity index (χ2n) is 5.25. The number of carbonyl (C=O) groups excluding carboxylic acids is 1. The van der Waals surface area contributed by atoms with Gasteiger partial charge in [0.05, 0.1) is 30.7 Å². The van der Waals surface area contributed by atoms with Crippen molar-refractivity contribution in [2.75, 3.05) is 31.2 Å². The van der Waals surface area contributed by atoms with Crippen molar-refractivity contribution in [3.8, 4) is 0 Å². The Bertz CT molecular complexity index is 731. The second kappa shape index (κ2) is 7.65. The summed E-state index contributed by atoms with van der Waals surface area (Å²) in [6.45, 7) is 2.54. The minimum Gasteiger partial charge on any atom is -0.378 e. The molecule has 0 radical (unpaired) electrons. The fraction of sp³-hybridized carbons (Fsp3) is 0.235. The Morgan fingerprint density at radius 2 is 2.17 bits per heavy atom. The van der Waals surface area contributed by atoms with Crippen molar-refractivity contribution in [3.63, 3.8) is 0 Å². The van der Waals surface area contributed by atoms with Gasteiger partial charge in [0, 0.05) is 25.5 Å². The van der Waals surface area contributed by atoms with E-state index in [1.54, 1.807) is 30.5 Å². The lowest BCUT2D eigenvalue weighted by Gasteiger charge is -2.29. The topological polar surface area (TPSA) is 66.8 Å². The van der Waals surface area contributed by atoms with Gasteiger partial charge in [-0.3, -0.25) is 9.78 Å². The summed E-state index contributed by atoms with van der Waals surface area (Å²) in [5.74, 6) is -0.691. The molecule has 1 amide bonds. The normalized spacial score (nSPS) is 14.8. The summed E-state index contributed by atoms with van der Waals surface area (Å²) < 4.78 is 19.5. The Hall–Kier alpha value is -2.80. The minimum atomic E-state index is -0.371. The van der Waals surface area contributed by atoms with Crippen LogP contribution in [0.1, 0.15) is 15.9 Å². The Labute approximate surface area is 139 Å². The molecule has 1 saturated heterocycles. The number of nitrogens with one attached hydrogen (secondary N) is 1. The number of anilines is 1. The third kappa shape index (κ3) is 3.94. The van der Waals surface area contributed by atoms with Crippen LogP contribution in [0.2, 0.25) is 0 Å². The molecule has 0 unspecified atom stereocenters. The van der Waals surface area contributed by atoms with Crippen molar-refractivity contribution in [1.29, 1.82) is 0 Å². The van der Waals surface area contributed by atoms with Crippen molar-refractivity contribution in [2.45, 2.75) is 0 Å². The largest absolute Gasteiger partial charge is 0.378 e. The highest BCUT2D eigenvalue weighted by molar-refractivity contribution is 5.94. The standard InChI is InChI=1S/C17H17FN4O2/c18-15-10-13(3-4-16(15)22-6-8-24-9-7-22)11-20-21-17(23)14-2-1-5-19-12-14/h1-5,10-12H,6-9H2,(H,21,23)/b20-11-. The highest BCUT2D eigenvalue weighted by atomic mass is 19.1. The SMILES string of the molecule is O=C(N/N=C\c1ccc(N2CCOCC2)c(F)c1)c1cccnc1. The van der Waals surface area contributed by atoms with E-state index in [9.17, 15) is 9.18 Å². The zero-order valence-electron chi connectivity index (χ0n) is 13.0. The monoisotopic (exact) mass is 328 g/mol. The fourth-order valence-corrected chi connectivity index (χ4v) is 2.39. The van der Waals surface area contributed by atoms with Crippen LogP contribution in [-0.4, -0.2) is 43.4 Å². The summed E-state index contributed by atoms with van der Waals surface area (Å²) in [4.78, 5) is 17.6. The third-order valence-corrected chi connectivity index (χ3v) is 3.63. The van der Waals surface area contributed by atoms with E-state index >= 15 is 0 Å². The number of halogens is 1. The molecular formula is C17H17FN4O2. The summed E-state index contributed by atoms with van der Waals surface area (Å²) in [5.41, 5.74) is 3.91. The van der Waals surface area contributed by atoms with Gasteiger partial charge in [-0.25, -0.2) is 9.82 Å². The van der Waals surface area contributed by atoms with E-state index in [-0.39, 0.29) is 11.7 Å². The number of hydrogen-bond donors (Lipinski definition) is 1. The van der Waals surface area contributed by atoms with E-state index in [0.29, 0.717) is 43.1 Å². The van der Waals surface area contributed by atoms with Crippen molar-refractivity contribution < 1.29 is 13.9 Å². The smallest absolute Gasteiger partial charge is 0.272 e. The van der Waals surface area contributed by atoms with Crippen molar-refractivity contribution in [1.82, 2.24) is 10.4 Å². The maximum absolute atomic E-state index is 14.2. The minimum absolute atomic E-state index is 0.320. The number of benzene rings is 1. The number of pyridine rings is 1. The molecule has 7 heteroatoms. The number of morpholine rings is 1. The Morgan fingerprint density at radius 1 is 1.33 bits per heavy atom. The quantitative estimate of drug-likeness (QED) is 0.687. The number of ether oxygens (including phenoxy) is 1. The lowest BCUT2D eigenvalue weighted by atomic mass is 10.2. The first-order chi connectivity index (χ1) is 11.7. The van der Waals surface area contributed by atoms with Gasteiger partial charge in [0.2, 0.25) is 0 Å². The van der Waals surface area contributed by atoms with E-state index in [1.165, 1.54) is 18.5 Å². The molecule has 1 aromatic heterocycles. The average molecular weight is 328 g/mol. The molecule has 1 N–H and O–H groups in total. The molecule has 0 spiro atoms. The number of carbonyl (C=O) groups is 1. The van der Waals surface area contributed by atoms with Gasteiger partial charge >= 0.3 is 0 Å². The van der Waals surface area contributed by atoms with Gasteiger partial charge in [-0.15, -0.1) is 0 Å².